The number of fused-ring (bicyclic) bond motifs is 1. The summed E-state index contributed by atoms with van der Waals surface area (Å²) in [6.45, 7) is 7.29. The van der Waals surface area contributed by atoms with Gasteiger partial charge in [0.2, 0.25) is 5.91 Å². The molecule has 0 bridgehead atoms. The van der Waals surface area contributed by atoms with E-state index in [1.807, 2.05) is 30.2 Å². The summed E-state index contributed by atoms with van der Waals surface area (Å²) in [5.74, 6) is -0.123. The SMILES string of the molecule is C=C(CC)C(=O)N1CCC[C@@H](c2ccc(C(N)=O)c3[nH]ccc23)C1. The van der Waals surface area contributed by atoms with E-state index in [-0.39, 0.29) is 11.8 Å². The molecule has 0 saturated carbocycles. The number of primary amides is 1. The minimum Gasteiger partial charge on any atom is -0.366 e. The highest BCUT2D eigenvalue weighted by molar-refractivity contribution is 6.05. The predicted molar refractivity (Wildman–Crippen MR) is 94.8 cm³/mol. The summed E-state index contributed by atoms with van der Waals surface area (Å²) in [7, 11) is 0. The normalized spacial score (nSPS) is 17.9. The molecule has 3 N–H and O–H groups in total. The Hall–Kier alpha value is -2.56. The van der Waals surface area contributed by atoms with Gasteiger partial charge in [-0.25, -0.2) is 0 Å². The van der Waals surface area contributed by atoms with Gasteiger partial charge < -0.3 is 15.6 Å². The van der Waals surface area contributed by atoms with E-state index in [4.69, 9.17) is 5.73 Å². The Labute approximate surface area is 141 Å². The van der Waals surface area contributed by atoms with Crippen molar-refractivity contribution in [1.82, 2.24) is 9.88 Å². The first-order valence-corrected chi connectivity index (χ1v) is 8.39. The van der Waals surface area contributed by atoms with E-state index < -0.39 is 5.91 Å². The molecule has 2 aromatic rings. The maximum atomic E-state index is 12.4. The number of nitrogens with one attached hydrogen (secondary N) is 1. The summed E-state index contributed by atoms with van der Waals surface area (Å²) in [5.41, 5.74) is 8.56. The van der Waals surface area contributed by atoms with Gasteiger partial charge in [-0.15, -0.1) is 0 Å². The maximum Gasteiger partial charge on any atom is 0.250 e. The van der Waals surface area contributed by atoms with E-state index >= 15 is 0 Å². The number of aromatic nitrogens is 1. The molecule has 2 heterocycles. The van der Waals surface area contributed by atoms with Gasteiger partial charge in [0.15, 0.2) is 0 Å². The third-order valence-corrected chi connectivity index (χ3v) is 4.90. The van der Waals surface area contributed by atoms with Gasteiger partial charge in [0.05, 0.1) is 11.1 Å². The molecule has 3 rings (SSSR count). The molecule has 1 aliphatic heterocycles. The Bertz CT molecular complexity index is 806. The summed E-state index contributed by atoms with van der Waals surface area (Å²) in [5, 5.41) is 1.01. The second kappa shape index (κ2) is 6.51. The number of rotatable bonds is 4. The van der Waals surface area contributed by atoms with Crippen LogP contribution < -0.4 is 5.73 Å². The Morgan fingerprint density at radius 1 is 1.38 bits per heavy atom. The van der Waals surface area contributed by atoms with Crippen LogP contribution in [0.25, 0.3) is 10.9 Å². The van der Waals surface area contributed by atoms with Crippen molar-refractivity contribution in [2.24, 2.45) is 5.73 Å². The van der Waals surface area contributed by atoms with Gasteiger partial charge in [-0.2, -0.15) is 0 Å². The Morgan fingerprint density at radius 2 is 2.17 bits per heavy atom. The number of H-pyrrole nitrogens is 1. The monoisotopic (exact) mass is 325 g/mol. The quantitative estimate of drug-likeness (QED) is 0.848. The van der Waals surface area contributed by atoms with Gasteiger partial charge in [0.1, 0.15) is 0 Å². The van der Waals surface area contributed by atoms with Gasteiger partial charge in [0, 0.05) is 36.2 Å². The van der Waals surface area contributed by atoms with Crippen LogP contribution in [0.1, 0.15) is 48.0 Å². The van der Waals surface area contributed by atoms with E-state index in [2.05, 4.69) is 11.6 Å². The molecule has 2 amide bonds. The van der Waals surface area contributed by atoms with E-state index in [1.165, 1.54) is 0 Å². The highest BCUT2D eigenvalue weighted by atomic mass is 16.2. The largest absolute Gasteiger partial charge is 0.366 e. The number of nitrogens with zero attached hydrogens (tertiary/aromatic N) is 1. The molecule has 1 saturated heterocycles. The lowest BCUT2D eigenvalue weighted by Gasteiger charge is -2.34. The fourth-order valence-electron chi connectivity index (χ4n) is 3.53. The lowest BCUT2D eigenvalue weighted by Crippen LogP contribution is -2.39. The average molecular weight is 325 g/mol. The minimum absolute atomic E-state index is 0.0567. The molecule has 0 aliphatic carbocycles. The van der Waals surface area contributed by atoms with Crippen LogP contribution in [0.2, 0.25) is 0 Å². The van der Waals surface area contributed by atoms with E-state index in [9.17, 15) is 9.59 Å². The summed E-state index contributed by atoms with van der Waals surface area (Å²) in [6.07, 6.45) is 4.50. The highest BCUT2D eigenvalue weighted by Crippen LogP contribution is 2.33. The van der Waals surface area contributed by atoms with Crippen LogP contribution in [0.5, 0.6) is 0 Å². The second-order valence-corrected chi connectivity index (χ2v) is 6.38. The molecule has 0 unspecified atom stereocenters. The first-order chi connectivity index (χ1) is 11.5. The van der Waals surface area contributed by atoms with Gasteiger partial charge in [0.25, 0.3) is 5.91 Å². The van der Waals surface area contributed by atoms with Gasteiger partial charge in [-0.1, -0.05) is 19.6 Å². The van der Waals surface area contributed by atoms with Crippen molar-refractivity contribution in [1.29, 1.82) is 0 Å². The van der Waals surface area contributed by atoms with E-state index in [0.717, 1.165) is 35.9 Å². The molecule has 0 radical (unpaired) electrons. The van der Waals surface area contributed by atoms with E-state index in [1.54, 1.807) is 6.07 Å². The minimum atomic E-state index is -0.436. The summed E-state index contributed by atoms with van der Waals surface area (Å²) in [6, 6.07) is 5.73. The molecule has 24 heavy (non-hydrogen) atoms. The van der Waals surface area contributed by atoms with Crippen molar-refractivity contribution < 1.29 is 9.59 Å². The van der Waals surface area contributed by atoms with Crippen molar-refractivity contribution in [2.75, 3.05) is 13.1 Å². The molecule has 126 valence electrons. The Balaban J connectivity index is 1.92. The molecule has 1 aliphatic rings. The molecular formula is C19H23N3O2. The molecule has 5 nitrogen and oxygen atoms in total. The number of hydrogen-bond acceptors (Lipinski definition) is 2. The smallest absolute Gasteiger partial charge is 0.250 e. The zero-order chi connectivity index (χ0) is 17.3. The number of aromatic amines is 1. The Morgan fingerprint density at radius 3 is 2.88 bits per heavy atom. The van der Waals surface area contributed by atoms with Gasteiger partial charge in [-0.3, -0.25) is 9.59 Å². The molecule has 1 atom stereocenters. The number of carbonyl (C=O) groups is 2. The number of hydrogen-bond donors (Lipinski definition) is 2. The lowest BCUT2D eigenvalue weighted by atomic mass is 9.87. The first-order valence-electron chi connectivity index (χ1n) is 8.39. The van der Waals surface area contributed by atoms with Crippen molar-refractivity contribution in [3.8, 4) is 0 Å². The van der Waals surface area contributed by atoms with Crippen LogP contribution in [0, 0.1) is 0 Å². The molecule has 1 aromatic carbocycles. The van der Waals surface area contributed by atoms with Crippen LogP contribution in [-0.4, -0.2) is 34.8 Å². The molecular weight excluding hydrogens is 302 g/mol. The van der Waals surface area contributed by atoms with Gasteiger partial charge in [-0.05, 0) is 37.0 Å². The van der Waals surface area contributed by atoms with Crippen molar-refractivity contribution in [3.63, 3.8) is 0 Å². The molecule has 5 heteroatoms. The number of piperidine rings is 1. The van der Waals surface area contributed by atoms with E-state index in [0.29, 0.717) is 24.1 Å². The third kappa shape index (κ3) is 2.82. The van der Waals surface area contributed by atoms with Crippen LogP contribution in [0.3, 0.4) is 0 Å². The fraction of sp³-hybridized carbons (Fsp3) is 0.368. The molecule has 1 aromatic heterocycles. The van der Waals surface area contributed by atoms with Crippen LogP contribution in [0.4, 0.5) is 0 Å². The molecule has 0 spiro atoms. The van der Waals surface area contributed by atoms with Crippen LogP contribution in [0.15, 0.2) is 36.5 Å². The standard InChI is InChI=1S/C19H23N3O2/c1-3-12(2)19(24)22-10-4-5-13(11-22)14-6-7-16(18(20)23)17-15(14)8-9-21-17/h6-9,13,21H,2-5,10-11H2,1H3,(H2,20,23)/t13-/m1/s1. The van der Waals surface area contributed by atoms with Crippen LogP contribution in [-0.2, 0) is 4.79 Å². The summed E-state index contributed by atoms with van der Waals surface area (Å²) in [4.78, 5) is 29.0. The molecule has 1 fully saturated rings. The number of nitrogens with two attached hydrogens (primary N) is 1. The highest BCUT2D eigenvalue weighted by Gasteiger charge is 2.27. The van der Waals surface area contributed by atoms with Crippen molar-refractivity contribution in [3.05, 3.63) is 47.7 Å². The second-order valence-electron chi connectivity index (χ2n) is 6.38. The number of likely N-dealkylation sites (tertiary alicyclic amines) is 1. The van der Waals surface area contributed by atoms with Crippen molar-refractivity contribution in [2.45, 2.75) is 32.1 Å². The first kappa shape index (κ1) is 16.3. The third-order valence-electron chi connectivity index (χ3n) is 4.90. The van der Waals surface area contributed by atoms with Crippen LogP contribution >= 0.6 is 0 Å². The zero-order valence-corrected chi connectivity index (χ0v) is 14.0. The predicted octanol–water partition coefficient (Wildman–Crippen LogP) is 2.94. The number of amides is 2. The zero-order valence-electron chi connectivity index (χ0n) is 14.0. The number of carbonyl (C=O) groups excluding carboxylic acids is 2. The lowest BCUT2D eigenvalue weighted by molar-refractivity contribution is -0.128. The Kier molecular flexibility index (Phi) is 4.42. The fourth-order valence-corrected chi connectivity index (χ4v) is 3.53. The number of benzene rings is 1. The summed E-state index contributed by atoms with van der Waals surface area (Å²) < 4.78 is 0. The van der Waals surface area contributed by atoms with Crippen molar-refractivity contribution >= 4 is 22.7 Å². The topological polar surface area (TPSA) is 79.2 Å². The maximum absolute atomic E-state index is 12.4. The average Bonchev–Trinajstić information content (AvgIpc) is 3.09. The van der Waals surface area contributed by atoms with Gasteiger partial charge >= 0.3 is 0 Å². The summed E-state index contributed by atoms with van der Waals surface area (Å²) >= 11 is 0.